The predicted octanol–water partition coefficient (Wildman–Crippen LogP) is 0.704. The molecule has 0 saturated carbocycles. The van der Waals surface area contributed by atoms with Gasteiger partial charge in [-0.25, -0.2) is 4.98 Å². The molecule has 0 saturated heterocycles. The smallest absolute Gasteiger partial charge is 0.313 e. The van der Waals surface area contributed by atoms with Crippen molar-refractivity contribution in [1.82, 2.24) is 20.6 Å². The van der Waals surface area contributed by atoms with Gasteiger partial charge in [0.15, 0.2) is 0 Å². The topological polar surface area (TPSA) is 177 Å². The molecule has 2 atom stereocenters. The summed E-state index contributed by atoms with van der Waals surface area (Å²) in [7, 11) is 0. The summed E-state index contributed by atoms with van der Waals surface area (Å²) in [6.45, 7) is 0.274. The first-order chi connectivity index (χ1) is 17.3. The third-order valence-corrected chi connectivity index (χ3v) is 5.14. The molecule has 0 aliphatic rings. The van der Waals surface area contributed by atoms with Crippen LogP contribution in [0.3, 0.4) is 0 Å². The monoisotopic (exact) mass is 493 g/mol. The van der Waals surface area contributed by atoms with Crippen molar-refractivity contribution in [1.29, 1.82) is 0 Å². The summed E-state index contributed by atoms with van der Waals surface area (Å²) in [5, 5.41) is 14.2. The highest BCUT2D eigenvalue weighted by Gasteiger charge is 2.26. The normalized spacial score (nSPS) is 12.2. The van der Waals surface area contributed by atoms with E-state index in [1.807, 2.05) is 30.3 Å². The van der Waals surface area contributed by atoms with Gasteiger partial charge in [-0.05, 0) is 23.3 Å². The Hall–Kier alpha value is -4.51. The number of aliphatic carboxylic acids is 1. The van der Waals surface area contributed by atoms with Gasteiger partial charge in [-0.3, -0.25) is 19.2 Å². The number of carbonyl (C=O) groups excluding carboxylic acids is 3. The zero-order chi connectivity index (χ0) is 25.9. The lowest BCUT2D eigenvalue weighted by molar-refractivity contribution is -0.137. The number of hydrogen-bond acceptors (Lipinski definition) is 7. The number of ether oxygens (including phenoxy) is 1. The Bertz CT molecular complexity index is 1170. The predicted molar refractivity (Wildman–Crippen MR) is 129 cm³/mol. The van der Waals surface area contributed by atoms with E-state index in [-0.39, 0.29) is 25.1 Å². The van der Waals surface area contributed by atoms with Gasteiger partial charge in [-0.15, -0.1) is 0 Å². The van der Waals surface area contributed by atoms with Crippen LogP contribution in [0.1, 0.15) is 23.2 Å². The molecule has 0 aliphatic carbocycles. The van der Waals surface area contributed by atoms with Crippen LogP contribution < -0.4 is 21.1 Å². The van der Waals surface area contributed by atoms with Crippen LogP contribution in [-0.2, 0) is 38.6 Å². The standard InChI is InChI=1S/C25H27N5O6/c26-20(12-23(33)36-19-8-6-16(7-9-19)10-22(31)32)24(34)30-21(11-18-14-27-15-29-18)25(35)28-13-17-4-2-1-3-5-17/h1-9,14-15,20-21H,10-13,26H2,(H,27,29)(H,28,35)(H,30,34)(H,31,32)/t20-,21-/m0/s1. The first kappa shape index (κ1) is 26.1. The van der Waals surface area contributed by atoms with Gasteiger partial charge in [-0.2, -0.15) is 0 Å². The lowest BCUT2D eigenvalue weighted by Crippen LogP contribution is -2.53. The second-order valence-corrected chi connectivity index (χ2v) is 8.03. The van der Waals surface area contributed by atoms with Crippen LogP contribution in [0.15, 0.2) is 67.1 Å². The van der Waals surface area contributed by atoms with Crippen molar-refractivity contribution in [2.75, 3.05) is 0 Å². The van der Waals surface area contributed by atoms with Crippen LogP contribution in [0.4, 0.5) is 0 Å². The van der Waals surface area contributed by atoms with Gasteiger partial charge in [0.05, 0.1) is 30.9 Å². The van der Waals surface area contributed by atoms with Gasteiger partial charge >= 0.3 is 11.9 Å². The van der Waals surface area contributed by atoms with Crippen LogP contribution in [-0.4, -0.2) is 50.9 Å². The molecule has 1 heterocycles. The molecule has 0 radical (unpaired) electrons. The quantitative estimate of drug-likeness (QED) is 0.181. The molecule has 0 spiro atoms. The Kier molecular flexibility index (Phi) is 9.29. The lowest BCUT2D eigenvalue weighted by Gasteiger charge is -2.20. The number of carboxylic acids is 1. The first-order valence-corrected chi connectivity index (χ1v) is 11.2. The van der Waals surface area contributed by atoms with Crippen LogP contribution in [0.5, 0.6) is 5.75 Å². The van der Waals surface area contributed by atoms with Gasteiger partial charge in [0, 0.05) is 19.2 Å². The number of nitrogens with one attached hydrogen (secondary N) is 3. The van der Waals surface area contributed by atoms with Gasteiger partial charge in [0.1, 0.15) is 11.8 Å². The van der Waals surface area contributed by atoms with Crippen molar-refractivity contribution in [3.05, 3.63) is 83.9 Å². The maximum Gasteiger partial charge on any atom is 0.313 e. The SMILES string of the molecule is N[C@@H](CC(=O)Oc1ccc(CC(=O)O)cc1)C(=O)N[C@@H](Cc1c[nH]cn1)C(=O)NCc1ccccc1. The van der Waals surface area contributed by atoms with Crippen molar-refractivity contribution >= 4 is 23.8 Å². The molecule has 3 rings (SSSR count). The third-order valence-electron chi connectivity index (χ3n) is 5.14. The minimum Gasteiger partial charge on any atom is -0.481 e. The Morgan fingerprint density at radius 1 is 1.00 bits per heavy atom. The average Bonchev–Trinajstić information content (AvgIpc) is 3.36. The van der Waals surface area contributed by atoms with Crippen LogP contribution in [0.25, 0.3) is 0 Å². The van der Waals surface area contributed by atoms with Crippen LogP contribution >= 0.6 is 0 Å². The summed E-state index contributed by atoms with van der Waals surface area (Å²) in [4.78, 5) is 55.4. The number of esters is 1. The Labute approximate surface area is 207 Å². The fourth-order valence-electron chi connectivity index (χ4n) is 3.30. The minimum absolute atomic E-state index is 0.121. The number of benzene rings is 2. The van der Waals surface area contributed by atoms with E-state index in [0.717, 1.165) is 5.56 Å². The third kappa shape index (κ3) is 8.37. The number of H-pyrrole nitrogens is 1. The molecule has 3 aromatic rings. The molecule has 11 heteroatoms. The molecule has 36 heavy (non-hydrogen) atoms. The zero-order valence-corrected chi connectivity index (χ0v) is 19.3. The fourth-order valence-corrected chi connectivity index (χ4v) is 3.30. The summed E-state index contributed by atoms with van der Waals surface area (Å²) in [5.74, 6) is -2.65. The van der Waals surface area contributed by atoms with Crippen molar-refractivity contribution < 1.29 is 29.0 Å². The number of aromatic amines is 1. The van der Waals surface area contributed by atoms with Crippen molar-refractivity contribution in [3.8, 4) is 5.75 Å². The van der Waals surface area contributed by atoms with Crippen LogP contribution in [0, 0.1) is 0 Å². The number of hydrogen-bond donors (Lipinski definition) is 5. The summed E-state index contributed by atoms with van der Waals surface area (Å²) in [6.07, 6.45) is 2.62. The van der Waals surface area contributed by atoms with Crippen LogP contribution in [0.2, 0.25) is 0 Å². The average molecular weight is 494 g/mol. The number of carbonyl (C=O) groups is 4. The molecule has 2 amide bonds. The summed E-state index contributed by atoms with van der Waals surface area (Å²) >= 11 is 0. The summed E-state index contributed by atoms with van der Waals surface area (Å²) in [6, 6.07) is 13.0. The Morgan fingerprint density at radius 3 is 2.36 bits per heavy atom. The number of aromatic nitrogens is 2. The molecule has 0 fully saturated rings. The number of amides is 2. The second kappa shape index (κ2) is 12.8. The van der Waals surface area contributed by atoms with Gasteiger partial charge in [0.25, 0.3) is 0 Å². The van der Waals surface area contributed by atoms with E-state index >= 15 is 0 Å². The fraction of sp³-hybridized carbons (Fsp3) is 0.240. The minimum atomic E-state index is -1.26. The number of rotatable bonds is 12. The van der Waals surface area contributed by atoms with E-state index in [0.29, 0.717) is 11.3 Å². The Balaban J connectivity index is 1.55. The number of imidazole rings is 1. The lowest BCUT2D eigenvalue weighted by atomic mass is 10.1. The number of carboxylic acid groups (broad SMARTS) is 1. The highest BCUT2D eigenvalue weighted by Crippen LogP contribution is 2.14. The summed E-state index contributed by atoms with van der Waals surface area (Å²) in [5.41, 5.74) is 7.91. The van der Waals surface area contributed by atoms with Gasteiger partial charge in [-0.1, -0.05) is 42.5 Å². The maximum atomic E-state index is 12.8. The van der Waals surface area contributed by atoms with E-state index in [1.54, 1.807) is 6.20 Å². The highest BCUT2D eigenvalue weighted by molar-refractivity contribution is 5.92. The molecule has 11 nitrogen and oxygen atoms in total. The molecule has 0 unspecified atom stereocenters. The van der Waals surface area contributed by atoms with E-state index in [2.05, 4.69) is 20.6 Å². The maximum absolute atomic E-state index is 12.8. The molecule has 2 aromatic carbocycles. The molecule has 0 aliphatic heterocycles. The molecular formula is C25H27N5O6. The number of nitrogens with two attached hydrogens (primary N) is 1. The van der Waals surface area contributed by atoms with Crippen molar-refractivity contribution in [2.24, 2.45) is 5.73 Å². The molecule has 1 aromatic heterocycles. The van der Waals surface area contributed by atoms with Crippen molar-refractivity contribution in [2.45, 2.75) is 37.9 Å². The van der Waals surface area contributed by atoms with E-state index in [9.17, 15) is 19.2 Å². The zero-order valence-electron chi connectivity index (χ0n) is 19.3. The largest absolute Gasteiger partial charge is 0.481 e. The molecular weight excluding hydrogens is 466 g/mol. The molecule has 6 N–H and O–H groups in total. The first-order valence-electron chi connectivity index (χ1n) is 11.2. The van der Waals surface area contributed by atoms with Gasteiger partial charge in [0.2, 0.25) is 11.8 Å². The van der Waals surface area contributed by atoms with Gasteiger partial charge < -0.3 is 31.2 Å². The van der Waals surface area contributed by atoms with E-state index in [4.69, 9.17) is 15.6 Å². The molecule has 188 valence electrons. The number of nitrogens with zero attached hydrogens (tertiary/aromatic N) is 1. The van der Waals surface area contributed by atoms with E-state index in [1.165, 1.54) is 30.6 Å². The highest BCUT2D eigenvalue weighted by atomic mass is 16.5. The van der Waals surface area contributed by atoms with Crippen molar-refractivity contribution in [3.63, 3.8) is 0 Å². The summed E-state index contributed by atoms with van der Waals surface area (Å²) < 4.78 is 5.18. The Morgan fingerprint density at radius 2 is 1.72 bits per heavy atom. The second-order valence-electron chi connectivity index (χ2n) is 8.03. The molecule has 0 bridgehead atoms. The van der Waals surface area contributed by atoms with E-state index < -0.39 is 42.3 Å².